The third-order valence-electron chi connectivity index (χ3n) is 5.12. The molecular weight excluding hydrogens is 210 g/mol. The number of hydrogen-bond donors (Lipinski definition) is 1. The summed E-state index contributed by atoms with van der Waals surface area (Å²) in [5.74, 6) is 0.830. The Hall–Kier alpha value is -0.120. The predicted molar refractivity (Wildman–Crippen MR) is 73.1 cm³/mol. The van der Waals surface area contributed by atoms with Crippen molar-refractivity contribution >= 4 is 0 Å². The fourth-order valence-corrected chi connectivity index (χ4v) is 4.02. The molecule has 2 N–H and O–H groups in total. The van der Waals surface area contributed by atoms with Gasteiger partial charge in [0.25, 0.3) is 0 Å². The van der Waals surface area contributed by atoms with Gasteiger partial charge < -0.3 is 10.6 Å². The van der Waals surface area contributed by atoms with Crippen LogP contribution in [0.15, 0.2) is 0 Å². The van der Waals surface area contributed by atoms with E-state index < -0.39 is 0 Å². The van der Waals surface area contributed by atoms with E-state index in [2.05, 4.69) is 23.8 Å². The summed E-state index contributed by atoms with van der Waals surface area (Å²) in [6.45, 7) is 8.11. The summed E-state index contributed by atoms with van der Waals surface area (Å²) >= 11 is 0. The van der Waals surface area contributed by atoms with Crippen molar-refractivity contribution in [2.24, 2.45) is 11.7 Å². The van der Waals surface area contributed by atoms with Crippen molar-refractivity contribution in [1.82, 2.24) is 9.80 Å². The SMILES string of the molecule is CCC1CCCC1(CN)N1CCCN(C)CC1. The van der Waals surface area contributed by atoms with Crippen molar-refractivity contribution in [3.05, 3.63) is 0 Å². The summed E-state index contributed by atoms with van der Waals surface area (Å²) in [5.41, 5.74) is 6.53. The molecule has 100 valence electrons. The monoisotopic (exact) mass is 239 g/mol. The van der Waals surface area contributed by atoms with Crippen LogP contribution in [0.3, 0.4) is 0 Å². The van der Waals surface area contributed by atoms with Gasteiger partial charge in [0.1, 0.15) is 0 Å². The number of nitrogens with zero attached hydrogens (tertiary/aromatic N) is 2. The minimum atomic E-state index is 0.333. The first kappa shape index (κ1) is 13.3. The fourth-order valence-electron chi connectivity index (χ4n) is 4.02. The largest absolute Gasteiger partial charge is 0.329 e. The lowest BCUT2D eigenvalue weighted by atomic mass is 9.83. The fraction of sp³-hybridized carbons (Fsp3) is 1.00. The molecule has 1 heterocycles. The van der Waals surface area contributed by atoms with E-state index in [1.807, 2.05) is 0 Å². The van der Waals surface area contributed by atoms with Gasteiger partial charge in [0.2, 0.25) is 0 Å². The Bertz CT molecular complexity index is 244. The molecule has 1 aliphatic heterocycles. The second-order valence-electron chi connectivity index (χ2n) is 5.95. The van der Waals surface area contributed by atoms with Gasteiger partial charge in [-0.2, -0.15) is 0 Å². The Morgan fingerprint density at radius 1 is 1.18 bits per heavy atom. The summed E-state index contributed by atoms with van der Waals surface area (Å²) in [6.07, 6.45) is 6.69. The van der Waals surface area contributed by atoms with Gasteiger partial charge in [0.15, 0.2) is 0 Å². The zero-order valence-electron chi connectivity index (χ0n) is 11.6. The molecule has 1 saturated carbocycles. The molecule has 2 aliphatic rings. The first-order chi connectivity index (χ1) is 8.23. The van der Waals surface area contributed by atoms with Crippen LogP contribution in [0.4, 0.5) is 0 Å². The van der Waals surface area contributed by atoms with Gasteiger partial charge in [-0.15, -0.1) is 0 Å². The summed E-state index contributed by atoms with van der Waals surface area (Å²) < 4.78 is 0. The molecule has 17 heavy (non-hydrogen) atoms. The Labute approximate surface area is 106 Å². The van der Waals surface area contributed by atoms with E-state index in [1.54, 1.807) is 0 Å². The van der Waals surface area contributed by atoms with Gasteiger partial charge in [-0.25, -0.2) is 0 Å². The Balaban J connectivity index is 2.10. The lowest BCUT2D eigenvalue weighted by molar-refractivity contribution is 0.0596. The van der Waals surface area contributed by atoms with Crippen LogP contribution in [0.25, 0.3) is 0 Å². The standard InChI is InChI=1S/C14H29N3/c1-3-13-6-4-7-14(13,12-15)17-9-5-8-16(2)10-11-17/h13H,3-12,15H2,1-2H3. The van der Waals surface area contributed by atoms with Crippen molar-refractivity contribution in [2.45, 2.75) is 44.6 Å². The summed E-state index contributed by atoms with van der Waals surface area (Å²) in [5, 5.41) is 0. The van der Waals surface area contributed by atoms with Crippen molar-refractivity contribution < 1.29 is 0 Å². The van der Waals surface area contributed by atoms with Crippen LogP contribution in [0, 0.1) is 5.92 Å². The van der Waals surface area contributed by atoms with Crippen LogP contribution in [0.5, 0.6) is 0 Å². The molecule has 1 aliphatic carbocycles. The van der Waals surface area contributed by atoms with Crippen LogP contribution >= 0.6 is 0 Å². The lowest BCUT2D eigenvalue weighted by Gasteiger charge is -2.44. The molecule has 0 amide bonds. The van der Waals surface area contributed by atoms with Crippen LogP contribution < -0.4 is 5.73 Å². The highest BCUT2D eigenvalue weighted by Crippen LogP contribution is 2.41. The van der Waals surface area contributed by atoms with E-state index in [0.717, 1.165) is 12.5 Å². The van der Waals surface area contributed by atoms with Gasteiger partial charge in [-0.1, -0.05) is 19.8 Å². The first-order valence-electron chi connectivity index (χ1n) is 7.36. The van der Waals surface area contributed by atoms with Crippen LogP contribution in [0.2, 0.25) is 0 Å². The van der Waals surface area contributed by atoms with Gasteiger partial charge >= 0.3 is 0 Å². The van der Waals surface area contributed by atoms with Crippen molar-refractivity contribution in [2.75, 3.05) is 39.8 Å². The second-order valence-corrected chi connectivity index (χ2v) is 5.95. The van der Waals surface area contributed by atoms with Crippen LogP contribution in [-0.2, 0) is 0 Å². The number of hydrogen-bond acceptors (Lipinski definition) is 3. The maximum absolute atomic E-state index is 6.20. The molecule has 0 radical (unpaired) electrons. The van der Waals surface area contributed by atoms with Crippen molar-refractivity contribution in [1.29, 1.82) is 0 Å². The minimum absolute atomic E-state index is 0.333. The highest BCUT2D eigenvalue weighted by atomic mass is 15.3. The van der Waals surface area contributed by atoms with Crippen LogP contribution in [-0.4, -0.2) is 55.1 Å². The second kappa shape index (κ2) is 5.68. The molecule has 2 fully saturated rings. The molecule has 2 atom stereocenters. The number of likely N-dealkylation sites (N-methyl/N-ethyl adjacent to an activating group) is 1. The smallest absolute Gasteiger partial charge is 0.0360 e. The van der Waals surface area contributed by atoms with Crippen molar-refractivity contribution in [3.8, 4) is 0 Å². The van der Waals surface area contributed by atoms with E-state index in [1.165, 1.54) is 58.3 Å². The summed E-state index contributed by atoms with van der Waals surface area (Å²) in [6, 6.07) is 0. The Morgan fingerprint density at radius 2 is 2.00 bits per heavy atom. The summed E-state index contributed by atoms with van der Waals surface area (Å²) in [4.78, 5) is 5.19. The maximum Gasteiger partial charge on any atom is 0.0360 e. The van der Waals surface area contributed by atoms with E-state index in [9.17, 15) is 0 Å². The molecule has 1 saturated heterocycles. The van der Waals surface area contributed by atoms with Gasteiger partial charge in [-0.05, 0) is 38.8 Å². The first-order valence-corrected chi connectivity index (χ1v) is 7.36. The quantitative estimate of drug-likeness (QED) is 0.811. The molecule has 0 spiro atoms. The van der Waals surface area contributed by atoms with E-state index in [-0.39, 0.29) is 0 Å². The minimum Gasteiger partial charge on any atom is -0.329 e. The topological polar surface area (TPSA) is 32.5 Å². The molecule has 0 aromatic rings. The predicted octanol–water partition coefficient (Wildman–Crippen LogP) is 1.53. The van der Waals surface area contributed by atoms with E-state index in [4.69, 9.17) is 5.73 Å². The molecule has 3 nitrogen and oxygen atoms in total. The van der Waals surface area contributed by atoms with Gasteiger partial charge in [0.05, 0.1) is 0 Å². The molecule has 3 heteroatoms. The van der Waals surface area contributed by atoms with E-state index in [0.29, 0.717) is 5.54 Å². The van der Waals surface area contributed by atoms with Crippen molar-refractivity contribution in [3.63, 3.8) is 0 Å². The summed E-state index contributed by atoms with van der Waals surface area (Å²) in [7, 11) is 2.24. The maximum atomic E-state index is 6.20. The normalized spacial score (nSPS) is 37.2. The zero-order valence-corrected chi connectivity index (χ0v) is 11.6. The third-order valence-corrected chi connectivity index (χ3v) is 5.12. The van der Waals surface area contributed by atoms with E-state index >= 15 is 0 Å². The third kappa shape index (κ3) is 2.51. The molecule has 0 bridgehead atoms. The lowest BCUT2D eigenvalue weighted by Crippen LogP contribution is -2.57. The van der Waals surface area contributed by atoms with Gasteiger partial charge in [-0.3, -0.25) is 4.90 Å². The van der Waals surface area contributed by atoms with Gasteiger partial charge in [0, 0.05) is 31.7 Å². The highest BCUT2D eigenvalue weighted by molar-refractivity contribution is 5.02. The zero-order chi connectivity index (χ0) is 12.3. The Kier molecular flexibility index (Phi) is 4.45. The number of nitrogens with two attached hydrogens (primary N) is 1. The molecule has 0 aromatic carbocycles. The van der Waals surface area contributed by atoms with Crippen LogP contribution in [0.1, 0.15) is 39.0 Å². The number of rotatable bonds is 3. The average Bonchev–Trinajstić information content (AvgIpc) is 2.65. The molecule has 2 rings (SSSR count). The molecular formula is C14H29N3. The molecule has 0 aromatic heterocycles. The Morgan fingerprint density at radius 3 is 2.71 bits per heavy atom. The average molecular weight is 239 g/mol. The highest BCUT2D eigenvalue weighted by Gasteiger charge is 2.45. The molecule has 2 unspecified atom stereocenters.